The number of sulfone groups is 1. The van der Waals surface area contributed by atoms with E-state index in [1.807, 2.05) is 0 Å². The summed E-state index contributed by atoms with van der Waals surface area (Å²) in [5.41, 5.74) is 0.577. The average molecular weight is 388 g/mol. The predicted molar refractivity (Wildman–Crippen MR) is 94.3 cm³/mol. The molecule has 0 aliphatic carbocycles. The molecule has 130 valence electrons. The Labute approximate surface area is 150 Å². The van der Waals surface area contributed by atoms with Gasteiger partial charge in [0.05, 0.1) is 23.8 Å². The van der Waals surface area contributed by atoms with E-state index in [9.17, 15) is 8.42 Å². The van der Waals surface area contributed by atoms with Crippen molar-refractivity contribution >= 4 is 32.8 Å². The summed E-state index contributed by atoms with van der Waals surface area (Å²) in [6, 6.07) is 7.07. The van der Waals surface area contributed by atoms with Crippen LogP contribution >= 0.6 is 22.9 Å². The fourth-order valence-corrected chi connectivity index (χ4v) is 5.15. The molecule has 1 aromatic carbocycles. The molecule has 0 radical (unpaired) electrons. The van der Waals surface area contributed by atoms with Gasteiger partial charge in [-0.2, -0.15) is 0 Å². The lowest BCUT2D eigenvalue weighted by molar-refractivity contribution is 0.188. The molecule has 0 amide bonds. The van der Waals surface area contributed by atoms with Gasteiger partial charge in [-0.3, -0.25) is 0 Å². The summed E-state index contributed by atoms with van der Waals surface area (Å²) in [4.78, 5) is 4.36. The van der Waals surface area contributed by atoms with Gasteiger partial charge in [0.2, 0.25) is 0 Å². The molecule has 3 rings (SSSR count). The van der Waals surface area contributed by atoms with Gasteiger partial charge < -0.3 is 9.47 Å². The second-order valence-corrected chi connectivity index (χ2v) is 9.25. The van der Waals surface area contributed by atoms with Gasteiger partial charge in [-0.05, 0) is 36.6 Å². The SMILES string of the molecule is O=S(=O)(Cc1csc(COc2ccc(Cl)cc2)n1)C[C@H]1CCOC1. The molecule has 2 aromatic rings. The molecule has 0 bridgehead atoms. The van der Waals surface area contributed by atoms with Crippen molar-refractivity contribution in [1.29, 1.82) is 0 Å². The minimum atomic E-state index is -3.17. The van der Waals surface area contributed by atoms with Crippen LogP contribution in [0.25, 0.3) is 0 Å². The standard InChI is InChI=1S/C16H18ClNO4S2/c17-13-1-3-15(4-2-13)22-8-16-18-14(9-23-16)11-24(19,20)10-12-5-6-21-7-12/h1-4,9,12H,5-8,10-11H2/t12-/m0/s1. The Balaban J connectivity index is 1.53. The van der Waals surface area contributed by atoms with Crippen molar-refractivity contribution in [3.05, 3.63) is 45.4 Å². The third kappa shape index (κ3) is 5.17. The first-order chi connectivity index (χ1) is 11.5. The van der Waals surface area contributed by atoms with Crippen LogP contribution in [0.5, 0.6) is 5.75 Å². The topological polar surface area (TPSA) is 65.5 Å². The first-order valence-electron chi connectivity index (χ1n) is 7.60. The zero-order valence-electron chi connectivity index (χ0n) is 13.0. The molecule has 5 nitrogen and oxygen atoms in total. The molecule has 24 heavy (non-hydrogen) atoms. The normalized spacial score (nSPS) is 18.0. The first-order valence-corrected chi connectivity index (χ1v) is 10.7. The molecule has 1 fully saturated rings. The summed E-state index contributed by atoms with van der Waals surface area (Å²) in [6.45, 7) is 1.50. The van der Waals surface area contributed by atoms with Crippen molar-refractivity contribution in [3.63, 3.8) is 0 Å². The number of aromatic nitrogens is 1. The number of hydrogen-bond acceptors (Lipinski definition) is 6. The van der Waals surface area contributed by atoms with E-state index < -0.39 is 9.84 Å². The minimum absolute atomic E-state index is 0.0268. The lowest BCUT2D eigenvalue weighted by atomic mass is 10.2. The molecular weight excluding hydrogens is 370 g/mol. The molecule has 0 saturated carbocycles. The lowest BCUT2D eigenvalue weighted by Gasteiger charge is -2.07. The van der Waals surface area contributed by atoms with Crippen molar-refractivity contribution in [2.24, 2.45) is 5.92 Å². The largest absolute Gasteiger partial charge is 0.486 e. The van der Waals surface area contributed by atoms with Gasteiger partial charge in [-0.25, -0.2) is 13.4 Å². The number of thiazole rings is 1. The Hall–Kier alpha value is -1.15. The van der Waals surface area contributed by atoms with E-state index >= 15 is 0 Å². The van der Waals surface area contributed by atoms with Gasteiger partial charge >= 0.3 is 0 Å². The van der Waals surface area contributed by atoms with Crippen LogP contribution in [0.3, 0.4) is 0 Å². The van der Waals surface area contributed by atoms with Crippen LogP contribution in [0.1, 0.15) is 17.1 Å². The molecule has 1 saturated heterocycles. The van der Waals surface area contributed by atoms with Gasteiger partial charge in [0.25, 0.3) is 0 Å². The number of halogens is 1. The van der Waals surface area contributed by atoms with Crippen LogP contribution in [0.2, 0.25) is 5.02 Å². The Morgan fingerprint density at radius 2 is 2.12 bits per heavy atom. The van der Waals surface area contributed by atoms with Crippen LogP contribution in [0, 0.1) is 5.92 Å². The number of benzene rings is 1. The van der Waals surface area contributed by atoms with Crippen LogP contribution in [-0.4, -0.2) is 32.4 Å². The van der Waals surface area contributed by atoms with E-state index in [0.29, 0.717) is 36.3 Å². The maximum absolute atomic E-state index is 12.2. The maximum atomic E-state index is 12.2. The van der Waals surface area contributed by atoms with Crippen LogP contribution < -0.4 is 4.74 Å². The summed E-state index contributed by atoms with van der Waals surface area (Å²) in [5, 5.41) is 3.18. The third-order valence-electron chi connectivity index (χ3n) is 3.66. The summed E-state index contributed by atoms with van der Waals surface area (Å²) in [7, 11) is -3.17. The zero-order chi connectivity index (χ0) is 17.0. The Kier molecular flexibility index (Phi) is 5.76. The molecule has 1 atom stereocenters. The average Bonchev–Trinajstić information content (AvgIpc) is 3.18. The summed E-state index contributed by atoms with van der Waals surface area (Å²) >= 11 is 7.23. The molecule has 1 aliphatic heterocycles. The van der Waals surface area contributed by atoms with Crippen molar-refractivity contribution in [2.75, 3.05) is 19.0 Å². The van der Waals surface area contributed by atoms with E-state index in [2.05, 4.69) is 4.98 Å². The van der Waals surface area contributed by atoms with Crippen LogP contribution in [-0.2, 0) is 26.9 Å². The minimum Gasteiger partial charge on any atom is -0.486 e. The fraction of sp³-hybridized carbons (Fsp3) is 0.438. The molecule has 0 spiro atoms. The summed E-state index contributed by atoms with van der Waals surface area (Å²) < 4.78 is 35.3. The zero-order valence-corrected chi connectivity index (χ0v) is 15.4. The van der Waals surface area contributed by atoms with Crippen molar-refractivity contribution in [3.8, 4) is 5.75 Å². The molecule has 8 heteroatoms. The van der Waals surface area contributed by atoms with Gasteiger partial charge in [-0.1, -0.05) is 11.6 Å². The van der Waals surface area contributed by atoms with Gasteiger partial charge in [0.15, 0.2) is 9.84 Å². The Bertz CT molecular complexity index is 768. The molecule has 1 aromatic heterocycles. The fourth-order valence-electron chi connectivity index (χ4n) is 2.52. The highest BCUT2D eigenvalue weighted by atomic mass is 35.5. The second-order valence-electron chi connectivity index (χ2n) is 5.76. The van der Waals surface area contributed by atoms with E-state index in [-0.39, 0.29) is 17.4 Å². The maximum Gasteiger partial charge on any atom is 0.156 e. The molecule has 2 heterocycles. The van der Waals surface area contributed by atoms with E-state index in [0.717, 1.165) is 11.4 Å². The van der Waals surface area contributed by atoms with Gasteiger partial charge in [0.1, 0.15) is 17.4 Å². The summed E-state index contributed by atoms with van der Waals surface area (Å²) in [5.74, 6) is 0.952. The number of nitrogens with zero attached hydrogens (tertiary/aromatic N) is 1. The monoisotopic (exact) mass is 387 g/mol. The van der Waals surface area contributed by atoms with Gasteiger partial charge in [-0.15, -0.1) is 11.3 Å². The Morgan fingerprint density at radius 1 is 1.33 bits per heavy atom. The van der Waals surface area contributed by atoms with E-state index in [1.165, 1.54) is 11.3 Å². The highest BCUT2D eigenvalue weighted by Gasteiger charge is 2.24. The van der Waals surface area contributed by atoms with Crippen molar-refractivity contribution in [2.45, 2.75) is 18.8 Å². The van der Waals surface area contributed by atoms with Gasteiger partial charge in [0, 0.05) is 17.0 Å². The molecule has 1 aliphatic rings. The van der Waals surface area contributed by atoms with Crippen molar-refractivity contribution < 1.29 is 17.9 Å². The Morgan fingerprint density at radius 3 is 2.83 bits per heavy atom. The third-order valence-corrected chi connectivity index (χ3v) is 6.49. The lowest BCUT2D eigenvalue weighted by Crippen LogP contribution is -2.18. The first kappa shape index (κ1) is 17.7. The smallest absolute Gasteiger partial charge is 0.156 e. The van der Waals surface area contributed by atoms with Crippen LogP contribution in [0.4, 0.5) is 0 Å². The number of ether oxygens (including phenoxy) is 2. The summed E-state index contributed by atoms with van der Waals surface area (Å²) in [6.07, 6.45) is 0.816. The van der Waals surface area contributed by atoms with Crippen LogP contribution in [0.15, 0.2) is 29.6 Å². The molecule has 0 N–H and O–H groups in total. The number of hydrogen-bond donors (Lipinski definition) is 0. The van der Waals surface area contributed by atoms with Crippen molar-refractivity contribution in [1.82, 2.24) is 4.98 Å². The molecule has 0 unspecified atom stereocenters. The number of rotatable bonds is 7. The second kappa shape index (κ2) is 7.82. The molecular formula is C16H18ClNO4S2. The van der Waals surface area contributed by atoms with E-state index in [4.69, 9.17) is 21.1 Å². The van der Waals surface area contributed by atoms with E-state index in [1.54, 1.807) is 29.6 Å². The highest BCUT2D eigenvalue weighted by molar-refractivity contribution is 7.90. The highest BCUT2D eigenvalue weighted by Crippen LogP contribution is 2.20. The quantitative estimate of drug-likeness (QED) is 0.729. The predicted octanol–water partition coefficient (Wildman–Crippen LogP) is 3.33.